The fourth-order valence-electron chi connectivity index (χ4n) is 2.72. The molecule has 18 heavy (non-hydrogen) atoms. The second-order valence-electron chi connectivity index (χ2n) is 5.10. The highest BCUT2D eigenvalue weighted by molar-refractivity contribution is 5.91. The van der Waals surface area contributed by atoms with Gasteiger partial charge in [0.2, 0.25) is 0 Å². The molecule has 1 aliphatic carbocycles. The molecule has 0 radical (unpaired) electrons. The largest absolute Gasteiger partial charge is 0.478 e. The van der Waals surface area contributed by atoms with E-state index in [1.54, 1.807) is 13.0 Å². The Morgan fingerprint density at radius 3 is 2.56 bits per heavy atom. The third-order valence-electron chi connectivity index (χ3n) is 3.75. The van der Waals surface area contributed by atoms with Gasteiger partial charge in [-0.25, -0.2) is 4.79 Å². The Labute approximate surface area is 108 Å². The zero-order valence-corrected chi connectivity index (χ0v) is 10.9. The van der Waals surface area contributed by atoms with Crippen LogP contribution < -0.4 is 0 Å². The van der Waals surface area contributed by atoms with Gasteiger partial charge in [0.15, 0.2) is 0 Å². The molecule has 96 valence electrons. The van der Waals surface area contributed by atoms with Crippen LogP contribution in [-0.2, 0) is 4.79 Å². The van der Waals surface area contributed by atoms with Gasteiger partial charge < -0.3 is 5.11 Å². The van der Waals surface area contributed by atoms with E-state index in [1.165, 1.54) is 37.7 Å². The second-order valence-corrected chi connectivity index (χ2v) is 5.10. The van der Waals surface area contributed by atoms with Gasteiger partial charge in [0.05, 0.1) is 0 Å². The van der Waals surface area contributed by atoms with Crippen LogP contribution >= 0.6 is 0 Å². The van der Waals surface area contributed by atoms with E-state index < -0.39 is 5.97 Å². The molecule has 0 spiro atoms. The van der Waals surface area contributed by atoms with Gasteiger partial charge in [-0.3, -0.25) is 0 Å². The van der Waals surface area contributed by atoms with Crippen molar-refractivity contribution in [3.8, 4) is 0 Å². The number of aliphatic carboxylic acids is 1. The highest BCUT2D eigenvalue weighted by Gasteiger charge is 2.17. The lowest BCUT2D eigenvalue weighted by Gasteiger charge is -2.23. The molecular weight excluding hydrogens is 224 g/mol. The first-order chi connectivity index (χ1) is 8.68. The van der Waals surface area contributed by atoms with Crippen LogP contribution in [0.25, 0.3) is 6.08 Å². The van der Waals surface area contributed by atoms with Crippen molar-refractivity contribution in [2.75, 3.05) is 0 Å². The van der Waals surface area contributed by atoms with E-state index in [-0.39, 0.29) is 0 Å². The molecule has 0 heterocycles. The Hall–Kier alpha value is -1.57. The Bertz CT molecular complexity index is 454. The number of rotatable bonds is 3. The van der Waals surface area contributed by atoms with Crippen LogP contribution in [0, 0.1) is 0 Å². The normalized spacial score (nSPS) is 17.7. The van der Waals surface area contributed by atoms with E-state index in [4.69, 9.17) is 5.11 Å². The van der Waals surface area contributed by atoms with E-state index in [0.29, 0.717) is 11.5 Å². The van der Waals surface area contributed by atoms with E-state index >= 15 is 0 Å². The van der Waals surface area contributed by atoms with Crippen LogP contribution in [0.4, 0.5) is 0 Å². The smallest absolute Gasteiger partial charge is 0.331 e. The number of hydrogen-bond acceptors (Lipinski definition) is 1. The Morgan fingerprint density at radius 1 is 1.22 bits per heavy atom. The van der Waals surface area contributed by atoms with Gasteiger partial charge >= 0.3 is 5.97 Å². The first-order valence-electron chi connectivity index (χ1n) is 6.69. The van der Waals surface area contributed by atoms with Gasteiger partial charge in [0, 0.05) is 5.57 Å². The first kappa shape index (κ1) is 12.9. The molecule has 0 amide bonds. The van der Waals surface area contributed by atoms with E-state index in [9.17, 15) is 4.79 Å². The maximum Gasteiger partial charge on any atom is 0.331 e. The fourth-order valence-corrected chi connectivity index (χ4v) is 2.72. The predicted molar refractivity (Wildman–Crippen MR) is 73.6 cm³/mol. The molecule has 1 aromatic rings. The summed E-state index contributed by atoms with van der Waals surface area (Å²) in [5, 5.41) is 8.98. The molecule has 1 fully saturated rings. The van der Waals surface area contributed by atoms with E-state index in [2.05, 4.69) is 12.1 Å². The zero-order chi connectivity index (χ0) is 13.0. The minimum Gasteiger partial charge on any atom is -0.478 e. The summed E-state index contributed by atoms with van der Waals surface area (Å²) in [7, 11) is 0. The number of benzene rings is 1. The SMILES string of the molecule is C/C(=C\c1ccccc1C1CCCCC1)C(=O)O. The third-order valence-corrected chi connectivity index (χ3v) is 3.75. The number of carboxylic acid groups (broad SMARTS) is 1. The Kier molecular flexibility index (Phi) is 4.19. The van der Waals surface area contributed by atoms with Crippen molar-refractivity contribution in [2.24, 2.45) is 0 Å². The predicted octanol–water partition coefficient (Wildman–Crippen LogP) is 4.22. The maximum atomic E-state index is 10.9. The Morgan fingerprint density at radius 2 is 1.89 bits per heavy atom. The van der Waals surface area contributed by atoms with E-state index in [1.807, 2.05) is 12.1 Å². The van der Waals surface area contributed by atoms with Gasteiger partial charge in [-0.1, -0.05) is 43.5 Å². The average molecular weight is 244 g/mol. The molecule has 1 aromatic carbocycles. The molecule has 1 N–H and O–H groups in total. The molecule has 0 aromatic heterocycles. The van der Waals surface area contributed by atoms with Gasteiger partial charge in [0.25, 0.3) is 0 Å². The summed E-state index contributed by atoms with van der Waals surface area (Å²) in [6.07, 6.45) is 8.18. The summed E-state index contributed by atoms with van der Waals surface area (Å²) in [6, 6.07) is 8.21. The van der Waals surface area contributed by atoms with Gasteiger partial charge in [-0.2, -0.15) is 0 Å². The molecule has 0 saturated heterocycles. The molecule has 2 nitrogen and oxygen atoms in total. The molecular formula is C16H20O2. The highest BCUT2D eigenvalue weighted by Crippen LogP contribution is 2.34. The number of hydrogen-bond donors (Lipinski definition) is 1. The van der Waals surface area contributed by atoms with Crippen LogP contribution in [0.1, 0.15) is 56.1 Å². The molecule has 2 heteroatoms. The lowest BCUT2D eigenvalue weighted by molar-refractivity contribution is -0.132. The van der Waals surface area contributed by atoms with Crippen LogP contribution in [0.15, 0.2) is 29.8 Å². The van der Waals surface area contributed by atoms with Crippen LogP contribution in [0.2, 0.25) is 0 Å². The van der Waals surface area contributed by atoms with Crippen molar-refractivity contribution >= 4 is 12.0 Å². The zero-order valence-electron chi connectivity index (χ0n) is 10.9. The summed E-state index contributed by atoms with van der Waals surface area (Å²) < 4.78 is 0. The molecule has 1 aliphatic rings. The van der Waals surface area contributed by atoms with Crippen molar-refractivity contribution in [3.05, 3.63) is 41.0 Å². The van der Waals surface area contributed by atoms with Crippen molar-refractivity contribution in [1.82, 2.24) is 0 Å². The standard InChI is InChI=1S/C16H20O2/c1-12(16(17)18)11-14-9-5-6-10-15(14)13-7-3-2-4-8-13/h5-6,9-11,13H,2-4,7-8H2,1H3,(H,17,18)/b12-11+. The molecule has 0 aliphatic heterocycles. The molecule has 0 bridgehead atoms. The second kappa shape index (κ2) is 5.85. The quantitative estimate of drug-likeness (QED) is 0.808. The summed E-state index contributed by atoms with van der Waals surface area (Å²) in [5.74, 6) is -0.235. The van der Waals surface area contributed by atoms with Crippen LogP contribution in [0.3, 0.4) is 0 Å². The van der Waals surface area contributed by atoms with Gasteiger partial charge in [-0.05, 0) is 42.9 Å². The Balaban J connectivity index is 2.30. The van der Waals surface area contributed by atoms with Crippen LogP contribution in [-0.4, -0.2) is 11.1 Å². The van der Waals surface area contributed by atoms with Crippen molar-refractivity contribution in [2.45, 2.75) is 44.9 Å². The number of carbonyl (C=O) groups is 1. The minimum absolute atomic E-state index is 0.401. The molecule has 0 unspecified atom stereocenters. The highest BCUT2D eigenvalue weighted by atomic mass is 16.4. The molecule has 0 atom stereocenters. The topological polar surface area (TPSA) is 37.3 Å². The van der Waals surface area contributed by atoms with E-state index in [0.717, 1.165) is 5.56 Å². The first-order valence-corrected chi connectivity index (χ1v) is 6.69. The molecule has 2 rings (SSSR count). The molecule has 1 saturated carbocycles. The van der Waals surface area contributed by atoms with Gasteiger partial charge in [-0.15, -0.1) is 0 Å². The summed E-state index contributed by atoms with van der Waals surface area (Å²) in [6.45, 7) is 1.65. The maximum absolute atomic E-state index is 10.9. The lowest BCUT2D eigenvalue weighted by Crippen LogP contribution is -2.06. The minimum atomic E-state index is -0.839. The average Bonchev–Trinajstić information content (AvgIpc) is 2.40. The fraction of sp³-hybridized carbons (Fsp3) is 0.438. The van der Waals surface area contributed by atoms with Gasteiger partial charge in [0.1, 0.15) is 0 Å². The third kappa shape index (κ3) is 3.00. The summed E-state index contributed by atoms with van der Waals surface area (Å²) in [5.41, 5.74) is 2.79. The summed E-state index contributed by atoms with van der Waals surface area (Å²) in [4.78, 5) is 10.9. The summed E-state index contributed by atoms with van der Waals surface area (Å²) >= 11 is 0. The van der Waals surface area contributed by atoms with Crippen LogP contribution in [0.5, 0.6) is 0 Å². The van der Waals surface area contributed by atoms with Crippen molar-refractivity contribution < 1.29 is 9.90 Å². The monoisotopic (exact) mass is 244 g/mol. The number of carboxylic acids is 1. The van der Waals surface area contributed by atoms with Crippen molar-refractivity contribution in [3.63, 3.8) is 0 Å². The lowest BCUT2D eigenvalue weighted by atomic mass is 9.82. The van der Waals surface area contributed by atoms with Crippen molar-refractivity contribution in [1.29, 1.82) is 0 Å².